The minimum absolute atomic E-state index is 0.186. The van der Waals surface area contributed by atoms with Crippen molar-refractivity contribution in [2.75, 3.05) is 6.61 Å². The number of nitrogens with zero attached hydrogens (tertiary/aromatic N) is 1. The fourth-order valence-corrected chi connectivity index (χ4v) is 5.82. The molecule has 3 aromatic carbocycles. The largest absolute Gasteiger partial charge is 0.490 e. The molecular formula is C26H18BrCl3N2O4S2. The lowest BCUT2D eigenvalue weighted by Crippen LogP contribution is -2.44. The molecule has 0 saturated carbocycles. The van der Waals surface area contributed by atoms with E-state index in [0.717, 1.165) is 22.3 Å². The van der Waals surface area contributed by atoms with Crippen molar-refractivity contribution in [2.45, 2.75) is 13.5 Å². The van der Waals surface area contributed by atoms with Gasteiger partial charge in [0.15, 0.2) is 15.8 Å². The van der Waals surface area contributed by atoms with E-state index in [-0.39, 0.29) is 21.5 Å². The Morgan fingerprint density at radius 3 is 2.58 bits per heavy atom. The Morgan fingerprint density at radius 1 is 1.11 bits per heavy atom. The van der Waals surface area contributed by atoms with Gasteiger partial charge in [0.05, 0.1) is 26.6 Å². The second kappa shape index (κ2) is 12.7. The van der Waals surface area contributed by atoms with Crippen LogP contribution in [0.5, 0.6) is 11.5 Å². The van der Waals surface area contributed by atoms with Gasteiger partial charge in [-0.1, -0.05) is 64.8 Å². The van der Waals surface area contributed by atoms with E-state index in [1.54, 1.807) is 60.7 Å². The van der Waals surface area contributed by atoms with Crippen molar-refractivity contribution in [3.8, 4) is 11.5 Å². The zero-order valence-electron chi connectivity index (χ0n) is 19.6. The summed E-state index contributed by atoms with van der Waals surface area (Å²) in [6, 6.07) is 15.2. The Labute approximate surface area is 252 Å². The molecule has 0 radical (unpaired) electrons. The third kappa shape index (κ3) is 6.65. The van der Waals surface area contributed by atoms with Crippen LogP contribution in [0, 0.1) is 0 Å². The number of benzene rings is 3. The van der Waals surface area contributed by atoms with Gasteiger partial charge >= 0.3 is 0 Å². The lowest BCUT2D eigenvalue weighted by Gasteiger charge is -2.16. The van der Waals surface area contributed by atoms with Gasteiger partial charge in [0.2, 0.25) is 0 Å². The van der Waals surface area contributed by atoms with Gasteiger partial charge in [0.1, 0.15) is 6.61 Å². The van der Waals surface area contributed by atoms with Gasteiger partial charge in [-0.15, -0.1) is 0 Å². The average molecular weight is 673 g/mol. The lowest BCUT2D eigenvalue weighted by atomic mass is 10.1. The number of thiocarbonyl (C=S) groups is 1. The van der Waals surface area contributed by atoms with Crippen LogP contribution < -0.4 is 14.9 Å². The predicted molar refractivity (Wildman–Crippen MR) is 160 cm³/mol. The van der Waals surface area contributed by atoms with Crippen LogP contribution in [0.1, 0.15) is 28.4 Å². The van der Waals surface area contributed by atoms with Crippen LogP contribution in [0.25, 0.3) is 6.08 Å². The number of hydrogen-bond acceptors (Lipinski definition) is 6. The highest BCUT2D eigenvalue weighted by Gasteiger charge is 2.34. The molecule has 4 rings (SSSR count). The molecule has 1 fully saturated rings. The summed E-state index contributed by atoms with van der Waals surface area (Å²) in [7, 11) is 0. The number of amides is 2. The number of carbonyl (C=O) groups is 2. The summed E-state index contributed by atoms with van der Waals surface area (Å²) in [6.45, 7) is 2.44. The van der Waals surface area contributed by atoms with Crippen molar-refractivity contribution in [2.24, 2.45) is 0 Å². The first-order valence-electron chi connectivity index (χ1n) is 11.0. The van der Waals surface area contributed by atoms with Crippen molar-refractivity contribution in [1.82, 2.24) is 10.4 Å². The molecule has 12 heteroatoms. The number of ether oxygens (including phenoxy) is 2. The van der Waals surface area contributed by atoms with Crippen LogP contribution in [0.3, 0.4) is 0 Å². The van der Waals surface area contributed by atoms with Crippen molar-refractivity contribution in [3.63, 3.8) is 0 Å². The van der Waals surface area contributed by atoms with Crippen molar-refractivity contribution in [1.29, 1.82) is 0 Å². The maximum atomic E-state index is 13.1. The molecule has 0 aromatic heterocycles. The Hall–Kier alpha value is -2.27. The molecule has 0 bridgehead atoms. The molecule has 6 nitrogen and oxygen atoms in total. The highest BCUT2D eigenvalue weighted by Crippen LogP contribution is 2.40. The molecule has 3 aromatic rings. The number of halogens is 4. The van der Waals surface area contributed by atoms with Gasteiger partial charge in [-0.05, 0) is 83.1 Å². The van der Waals surface area contributed by atoms with E-state index in [0.29, 0.717) is 43.1 Å². The quantitative estimate of drug-likeness (QED) is 0.194. The Bertz CT molecular complexity index is 1470. The normalized spacial score (nSPS) is 14.2. The SMILES string of the molecule is CCOc1cc(/C=C2\SC(=S)N(NC(=O)c3ccccc3Cl)C2=O)cc(Br)c1OCc1ccc(Cl)cc1Cl. The van der Waals surface area contributed by atoms with Crippen LogP contribution in [-0.2, 0) is 11.4 Å². The summed E-state index contributed by atoms with van der Waals surface area (Å²) < 4.78 is 12.6. The molecule has 196 valence electrons. The second-order valence-electron chi connectivity index (χ2n) is 7.73. The number of hydrazine groups is 1. The van der Waals surface area contributed by atoms with E-state index in [9.17, 15) is 9.59 Å². The van der Waals surface area contributed by atoms with Gasteiger partial charge in [0.25, 0.3) is 11.8 Å². The Morgan fingerprint density at radius 2 is 1.87 bits per heavy atom. The first kappa shape index (κ1) is 28.7. The van der Waals surface area contributed by atoms with Gasteiger partial charge in [-0.3, -0.25) is 15.0 Å². The second-order valence-corrected chi connectivity index (χ2v) is 11.5. The summed E-state index contributed by atoms with van der Waals surface area (Å²) in [5.41, 5.74) is 4.18. The molecule has 1 aliphatic rings. The molecule has 2 amide bonds. The van der Waals surface area contributed by atoms with Crippen LogP contribution in [-0.4, -0.2) is 27.8 Å². The van der Waals surface area contributed by atoms with Gasteiger partial charge in [0, 0.05) is 15.6 Å². The number of nitrogens with one attached hydrogen (secondary N) is 1. The maximum absolute atomic E-state index is 13.1. The summed E-state index contributed by atoms with van der Waals surface area (Å²) in [5, 5.41) is 2.32. The van der Waals surface area contributed by atoms with E-state index in [1.807, 2.05) is 6.92 Å². The molecule has 0 atom stereocenters. The van der Waals surface area contributed by atoms with Crippen LogP contribution >= 0.6 is 74.7 Å². The molecule has 0 aliphatic carbocycles. The van der Waals surface area contributed by atoms with E-state index in [4.69, 9.17) is 56.5 Å². The third-order valence-corrected chi connectivity index (χ3v) is 7.95. The number of rotatable bonds is 8. The zero-order valence-corrected chi connectivity index (χ0v) is 25.1. The molecule has 1 saturated heterocycles. The number of thioether (sulfide) groups is 1. The molecule has 0 spiro atoms. The monoisotopic (exact) mass is 670 g/mol. The van der Waals surface area contributed by atoms with Crippen LogP contribution in [0.15, 0.2) is 64.0 Å². The fourth-order valence-electron chi connectivity index (χ4n) is 3.39. The van der Waals surface area contributed by atoms with Crippen LogP contribution in [0.2, 0.25) is 15.1 Å². The zero-order chi connectivity index (χ0) is 27.4. The van der Waals surface area contributed by atoms with E-state index in [2.05, 4.69) is 21.4 Å². The molecular weight excluding hydrogens is 655 g/mol. The fraction of sp³-hybridized carbons (Fsp3) is 0.115. The first-order chi connectivity index (χ1) is 18.2. The average Bonchev–Trinajstić information content (AvgIpc) is 3.12. The Balaban J connectivity index is 1.54. The highest BCUT2D eigenvalue weighted by atomic mass is 79.9. The topological polar surface area (TPSA) is 67.9 Å². The third-order valence-electron chi connectivity index (χ3n) is 5.14. The minimum Gasteiger partial charge on any atom is -0.490 e. The maximum Gasteiger partial charge on any atom is 0.285 e. The van der Waals surface area contributed by atoms with Crippen LogP contribution in [0.4, 0.5) is 0 Å². The van der Waals surface area contributed by atoms with Gasteiger partial charge in [-0.25, -0.2) is 0 Å². The van der Waals surface area contributed by atoms with Gasteiger partial charge < -0.3 is 9.47 Å². The van der Waals surface area contributed by atoms with Crippen molar-refractivity contribution in [3.05, 3.63) is 95.7 Å². The summed E-state index contributed by atoms with van der Waals surface area (Å²) in [6.07, 6.45) is 1.66. The summed E-state index contributed by atoms with van der Waals surface area (Å²) in [5.74, 6) is -0.0562. The lowest BCUT2D eigenvalue weighted by molar-refractivity contribution is -0.123. The smallest absolute Gasteiger partial charge is 0.285 e. The van der Waals surface area contributed by atoms with E-state index >= 15 is 0 Å². The molecule has 1 heterocycles. The summed E-state index contributed by atoms with van der Waals surface area (Å²) >= 11 is 28.3. The highest BCUT2D eigenvalue weighted by molar-refractivity contribution is 9.10. The first-order valence-corrected chi connectivity index (χ1v) is 14.2. The Kier molecular flexibility index (Phi) is 9.62. The summed E-state index contributed by atoms with van der Waals surface area (Å²) in [4.78, 5) is 26.0. The van der Waals surface area contributed by atoms with Crippen molar-refractivity contribution < 1.29 is 19.1 Å². The number of hydrogen-bond donors (Lipinski definition) is 1. The molecule has 0 unspecified atom stereocenters. The van der Waals surface area contributed by atoms with E-state index < -0.39 is 11.8 Å². The molecule has 38 heavy (non-hydrogen) atoms. The minimum atomic E-state index is -0.545. The van der Waals surface area contributed by atoms with Crippen molar-refractivity contribution >= 4 is 96.9 Å². The number of carbonyl (C=O) groups excluding carboxylic acids is 2. The standard InChI is InChI=1S/C26H18BrCl3N2O4S2/c1-2-35-21-10-14(9-18(27)23(21)36-13-15-7-8-16(28)12-20(15)30)11-22-25(34)32(26(37)38-22)31-24(33)17-5-3-4-6-19(17)29/h3-12H,2,13H2,1H3,(H,31,33)/b22-11-. The van der Waals surface area contributed by atoms with Gasteiger partial charge in [-0.2, -0.15) is 5.01 Å². The van der Waals surface area contributed by atoms with E-state index in [1.165, 1.54) is 0 Å². The predicted octanol–water partition coefficient (Wildman–Crippen LogP) is 7.93. The molecule has 1 N–H and O–H groups in total. The molecule has 1 aliphatic heterocycles.